The van der Waals surface area contributed by atoms with Crippen LogP contribution < -0.4 is 0 Å². The molecule has 21 heavy (non-hydrogen) atoms. The zero-order valence-electron chi connectivity index (χ0n) is 12.8. The van der Waals surface area contributed by atoms with E-state index in [9.17, 15) is 8.42 Å². The van der Waals surface area contributed by atoms with Crippen molar-refractivity contribution in [2.75, 3.05) is 13.1 Å². The molecule has 1 aromatic heterocycles. The number of hydrogen-bond donors (Lipinski definition) is 0. The van der Waals surface area contributed by atoms with Crippen LogP contribution in [0.15, 0.2) is 10.3 Å². The number of alkyl halides is 1. The summed E-state index contributed by atoms with van der Waals surface area (Å²) >= 11 is 7.18. The molecule has 0 aliphatic carbocycles. The normalized spacial score (nSPS) is 21.4. The molecule has 1 aliphatic heterocycles. The number of sulfonamides is 1. The fourth-order valence-electron chi connectivity index (χ4n) is 2.95. The molecule has 0 aromatic carbocycles. The number of aryl methyl sites for hydroxylation is 1. The van der Waals surface area contributed by atoms with E-state index < -0.39 is 10.0 Å². The maximum Gasteiger partial charge on any atom is 0.252 e. The van der Waals surface area contributed by atoms with Crippen molar-refractivity contribution in [3.63, 3.8) is 0 Å². The quantitative estimate of drug-likeness (QED) is 0.739. The molecule has 1 fully saturated rings. The van der Waals surface area contributed by atoms with Gasteiger partial charge in [0, 0.05) is 18.0 Å². The van der Waals surface area contributed by atoms with Crippen molar-refractivity contribution < 1.29 is 8.42 Å². The summed E-state index contributed by atoms with van der Waals surface area (Å²) < 4.78 is 27.7. The molecular weight excluding hydrogens is 326 g/mol. The maximum atomic E-state index is 12.8. The van der Waals surface area contributed by atoms with Crippen LogP contribution >= 0.6 is 22.9 Å². The van der Waals surface area contributed by atoms with Gasteiger partial charge < -0.3 is 0 Å². The molecule has 1 saturated heterocycles. The highest BCUT2D eigenvalue weighted by atomic mass is 35.5. The van der Waals surface area contributed by atoms with Gasteiger partial charge in [-0.1, -0.05) is 19.8 Å². The zero-order chi connectivity index (χ0) is 15.5. The van der Waals surface area contributed by atoms with Crippen molar-refractivity contribution in [2.45, 2.75) is 56.0 Å². The van der Waals surface area contributed by atoms with Crippen LogP contribution in [0.1, 0.15) is 49.5 Å². The minimum absolute atomic E-state index is 0.380. The summed E-state index contributed by atoms with van der Waals surface area (Å²) in [6.45, 7) is 5.42. The van der Waals surface area contributed by atoms with Gasteiger partial charge in [0.15, 0.2) is 0 Å². The first kappa shape index (κ1) is 17.3. The van der Waals surface area contributed by atoms with Crippen molar-refractivity contribution in [3.8, 4) is 0 Å². The second kappa shape index (κ2) is 7.44. The topological polar surface area (TPSA) is 37.4 Å². The standard InChI is InChI=1S/C15H24ClNO2S2/c1-3-5-13-6-4-8-17(9-7-13)21(18,19)15-10-12(2)14(11-16)20-15/h10,13H,3-9,11H2,1-2H3. The zero-order valence-corrected chi connectivity index (χ0v) is 15.2. The van der Waals surface area contributed by atoms with Gasteiger partial charge in [-0.3, -0.25) is 0 Å². The Kier molecular flexibility index (Phi) is 6.12. The molecule has 2 rings (SSSR count). The molecule has 120 valence electrons. The molecule has 1 atom stereocenters. The summed E-state index contributed by atoms with van der Waals surface area (Å²) in [5, 5.41) is 0. The van der Waals surface area contributed by atoms with Gasteiger partial charge in [-0.2, -0.15) is 4.31 Å². The van der Waals surface area contributed by atoms with Crippen LogP contribution in [-0.2, 0) is 15.9 Å². The van der Waals surface area contributed by atoms with E-state index in [1.54, 1.807) is 10.4 Å². The molecule has 0 saturated carbocycles. The smallest absolute Gasteiger partial charge is 0.206 e. The van der Waals surface area contributed by atoms with Crippen molar-refractivity contribution in [2.24, 2.45) is 5.92 Å². The van der Waals surface area contributed by atoms with Crippen LogP contribution in [0.2, 0.25) is 0 Å². The lowest BCUT2D eigenvalue weighted by Crippen LogP contribution is -2.31. The Morgan fingerprint density at radius 3 is 2.76 bits per heavy atom. The molecule has 0 spiro atoms. The van der Waals surface area contributed by atoms with Crippen LogP contribution in [0.25, 0.3) is 0 Å². The second-order valence-corrected chi connectivity index (χ2v) is 9.36. The van der Waals surface area contributed by atoms with Crippen LogP contribution in [-0.4, -0.2) is 25.8 Å². The average Bonchev–Trinajstić information content (AvgIpc) is 2.68. The Bertz CT molecular complexity index is 568. The van der Waals surface area contributed by atoms with Crippen LogP contribution in [0.5, 0.6) is 0 Å². The Balaban J connectivity index is 2.15. The van der Waals surface area contributed by atoms with Gasteiger partial charge in [0.25, 0.3) is 10.0 Å². The molecule has 0 radical (unpaired) electrons. The first-order valence-corrected chi connectivity index (χ1v) is 10.4. The van der Waals surface area contributed by atoms with Gasteiger partial charge >= 0.3 is 0 Å². The molecule has 0 bridgehead atoms. The summed E-state index contributed by atoms with van der Waals surface area (Å²) in [4.78, 5) is 0.953. The summed E-state index contributed by atoms with van der Waals surface area (Å²) in [5.74, 6) is 1.06. The number of halogens is 1. The molecule has 6 heteroatoms. The number of rotatable bonds is 5. The van der Waals surface area contributed by atoms with Gasteiger partial charge in [0.1, 0.15) is 4.21 Å². The van der Waals surface area contributed by atoms with Crippen molar-refractivity contribution in [3.05, 3.63) is 16.5 Å². The first-order chi connectivity index (χ1) is 9.98. The third-order valence-corrected chi connectivity index (χ3v) is 8.23. The summed E-state index contributed by atoms with van der Waals surface area (Å²) in [6.07, 6.45) is 5.50. The minimum atomic E-state index is -3.34. The highest BCUT2D eigenvalue weighted by Gasteiger charge is 2.29. The molecular formula is C15H24ClNO2S2. The van der Waals surface area contributed by atoms with E-state index in [1.165, 1.54) is 24.2 Å². The molecule has 1 aliphatic rings. The van der Waals surface area contributed by atoms with E-state index in [2.05, 4.69) is 6.92 Å². The Morgan fingerprint density at radius 2 is 2.14 bits per heavy atom. The average molecular weight is 350 g/mol. The van der Waals surface area contributed by atoms with Crippen LogP contribution in [0.4, 0.5) is 0 Å². The van der Waals surface area contributed by atoms with E-state index in [4.69, 9.17) is 11.6 Å². The lowest BCUT2D eigenvalue weighted by molar-refractivity contribution is 0.400. The van der Waals surface area contributed by atoms with E-state index >= 15 is 0 Å². The largest absolute Gasteiger partial charge is 0.252 e. The number of hydrogen-bond acceptors (Lipinski definition) is 3. The number of thiophene rings is 1. The van der Waals surface area contributed by atoms with Gasteiger partial charge in [0.2, 0.25) is 0 Å². The third kappa shape index (κ3) is 4.01. The molecule has 1 unspecified atom stereocenters. The lowest BCUT2D eigenvalue weighted by atomic mass is 9.96. The van der Waals surface area contributed by atoms with Crippen molar-refractivity contribution >= 4 is 33.0 Å². The van der Waals surface area contributed by atoms with E-state index in [0.717, 1.165) is 29.7 Å². The minimum Gasteiger partial charge on any atom is -0.206 e. The van der Waals surface area contributed by atoms with Crippen molar-refractivity contribution in [1.29, 1.82) is 0 Å². The molecule has 3 nitrogen and oxygen atoms in total. The van der Waals surface area contributed by atoms with E-state index in [1.807, 2.05) is 6.92 Å². The van der Waals surface area contributed by atoms with Crippen LogP contribution in [0.3, 0.4) is 0 Å². The summed E-state index contributed by atoms with van der Waals surface area (Å²) in [5.41, 5.74) is 0.979. The molecule has 0 N–H and O–H groups in total. The van der Waals surface area contributed by atoms with Crippen LogP contribution in [0, 0.1) is 12.8 Å². The highest BCUT2D eigenvalue weighted by Crippen LogP contribution is 2.31. The highest BCUT2D eigenvalue weighted by molar-refractivity contribution is 7.91. The Labute approximate surface area is 137 Å². The van der Waals surface area contributed by atoms with Gasteiger partial charge in [0.05, 0.1) is 5.88 Å². The summed E-state index contributed by atoms with van der Waals surface area (Å²) in [7, 11) is -3.34. The third-order valence-electron chi connectivity index (χ3n) is 4.22. The molecule has 0 amide bonds. The first-order valence-electron chi connectivity index (χ1n) is 7.64. The van der Waals surface area contributed by atoms with Gasteiger partial charge in [-0.25, -0.2) is 8.42 Å². The van der Waals surface area contributed by atoms with E-state index in [0.29, 0.717) is 29.1 Å². The fourth-order valence-corrected chi connectivity index (χ4v) is 6.41. The predicted octanol–water partition coefficient (Wildman–Crippen LogP) is 4.39. The SMILES string of the molecule is CCCC1CCCN(S(=O)(=O)c2cc(C)c(CCl)s2)CC1. The van der Waals surface area contributed by atoms with E-state index in [-0.39, 0.29) is 0 Å². The fraction of sp³-hybridized carbons (Fsp3) is 0.733. The summed E-state index contributed by atoms with van der Waals surface area (Å²) in [6, 6.07) is 1.77. The monoisotopic (exact) mass is 349 g/mol. The Hall–Kier alpha value is -0.100. The second-order valence-electron chi connectivity index (χ2n) is 5.79. The maximum absolute atomic E-state index is 12.8. The van der Waals surface area contributed by atoms with Gasteiger partial charge in [-0.05, 0) is 43.7 Å². The van der Waals surface area contributed by atoms with Crippen molar-refractivity contribution in [1.82, 2.24) is 4.31 Å². The Morgan fingerprint density at radius 1 is 1.38 bits per heavy atom. The lowest BCUT2D eigenvalue weighted by Gasteiger charge is -2.19. The molecule has 2 heterocycles. The predicted molar refractivity (Wildman–Crippen MR) is 89.6 cm³/mol. The number of nitrogens with zero attached hydrogens (tertiary/aromatic N) is 1. The van der Waals surface area contributed by atoms with Gasteiger partial charge in [-0.15, -0.1) is 22.9 Å². The molecule has 1 aromatic rings.